The molecule has 1 N–H and O–H groups in total. The van der Waals surface area contributed by atoms with Crippen LogP contribution in [0, 0.1) is 5.92 Å². The Morgan fingerprint density at radius 1 is 1.17 bits per heavy atom. The molecule has 1 aliphatic carbocycles. The van der Waals surface area contributed by atoms with Crippen molar-refractivity contribution in [2.75, 3.05) is 12.4 Å². The Morgan fingerprint density at radius 2 is 1.87 bits per heavy atom. The van der Waals surface area contributed by atoms with Gasteiger partial charge >= 0.3 is 5.97 Å². The summed E-state index contributed by atoms with van der Waals surface area (Å²) in [5.41, 5.74) is 2.17. The number of benzene rings is 1. The van der Waals surface area contributed by atoms with Crippen LogP contribution in [-0.2, 0) is 9.53 Å². The lowest BCUT2D eigenvalue weighted by Gasteiger charge is -2.11. The molecule has 0 aliphatic heterocycles. The highest BCUT2D eigenvalue weighted by molar-refractivity contribution is 7.15. The lowest BCUT2D eigenvalue weighted by Crippen LogP contribution is -2.21. The molecule has 0 bridgehead atoms. The summed E-state index contributed by atoms with van der Waals surface area (Å²) in [6.45, 7) is 0. The molecule has 1 fully saturated rings. The molecule has 1 heterocycles. The quantitative estimate of drug-likeness (QED) is 0.849. The fourth-order valence-corrected chi connectivity index (χ4v) is 3.95. The second-order valence-corrected chi connectivity index (χ2v) is 6.56. The Balaban J connectivity index is 1.92. The van der Waals surface area contributed by atoms with Gasteiger partial charge < -0.3 is 10.1 Å². The van der Waals surface area contributed by atoms with E-state index in [1.807, 2.05) is 35.7 Å². The molecular weight excluding hydrogens is 310 g/mol. The van der Waals surface area contributed by atoms with E-state index in [0.717, 1.165) is 36.8 Å². The summed E-state index contributed by atoms with van der Waals surface area (Å²) >= 11 is 1.37. The summed E-state index contributed by atoms with van der Waals surface area (Å²) in [5, 5.41) is 5.41. The molecule has 3 rings (SSSR count). The van der Waals surface area contributed by atoms with Crippen LogP contribution in [0.25, 0.3) is 11.1 Å². The van der Waals surface area contributed by atoms with E-state index < -0.39 is 5.97 Å². The van der Waals surface area contributed by atoms with Crippen molar-refractivity contribution in [3.05, 3.63) is 41.3 Å². The van der Waals surface area contributed by atoms with Gasteiger partial charge in [-0.3, -0.25) is 4.79 Å². The van der Waals surface area contributed by atoms with E-state index in [9.17, 15) is 9.59 Å². The Morgan fingerprint density at radius 3 is 2.52 bits per heavy atom. The van der Waals surface area contributed by atoms with Crippen LogP contribution in [0.4, 0.5) is 5.00 Å². The standard InChI is InChI=1S/C18H19NO3S/c1-22-18(21)15-14(12-7-3-2-4-8-12)11-23-17(15)19-16(20)13-9-5-6-10-13/h2-4,7-8,11,13H,5-6,9-10H2,1H3,(H,19,20). The number of thiophene rings is 1. The number of carbonyl (C=O) groups excluding carboxylic acids is 2. The molecule has 4 nitrogen and oxygen atoms in total. The number of amides is 1. The molecule has 1 saturated carbocycles. The smallest absolute Gasteiger partial charge is 0.341 e. The number of esters is 1. The Hall–Kier alpha value is -2.14. The zero-order valence-corrected chi connectivity index (χ0v) is 13.8. The average molecular weight is 329 g/mol. The van der Waals surface area contributed by atoms with Crippen LogP contribution in [0.5, 0.6) is 0 Å². The van der Waals surface area contributed by atoms with Gasteiger partial charge in [0, 0.05) is 16.9 Å². The number of carbonyl (C=O) groups is 2. The Kier molecular flexibility index (Phi) is 4.76. The summed E-state index contributed by atoms with van der Waals surface area (Å²) in [5.74, 6) is -0.358. The van der Waals surface area contributed by atoms with Crippen LogP contribution < -0.4 is 5.32 Å². The highest BCUT2D eigenvalue weighted by Gasteiger charge is 2.26. The number of nitrogens with one attached hydrogen (secondary N) is 1. The van der Waals surface area contributed by atoms with E-state index in [4.69, 9.17) is 4.74 Å². The van der Waals surface area contributed by atoms with Crippen molar-refractivity contribution in [3.63, 3.8) is 0 Å². The van der Waals surface area contributed by atoms with Gasteiger partial charge in [0.25, 0.3) is 0 Å². The number of anilines is 1. The number of ether oxygens (including phenoxy) is 1. The van der Waals surface area contributed by atoms with E-state index in [-0.39, 0.29) is 11.8 Å². The van der Waals surface area contributed by atoms with Gasteiger partial charge in [-0.2, -0.15) is 0 Å². The van der Waals surface area contributed by atoms with Gasteiger partial charge in [0.05, 0.1) is 7.11 Å². The predicted octanol–water partition coefficient (Wildman–Crippen LogP) is 4.33. The first-order valence-electron chi connectivity index (χ1n) is 7.76. The molecule has 0 saturated heterocycles. The number of hydrogen-bond donors (Lipinski definition) is 1. The molecule has 0 spiro atoms. The van der Waals surface area contributed by atoms with Gasteiger partial charge in [0.15, 0.2) is 0 Å². The minimum absolute atomic E-state index is 0.00844. The third-order valence-electron chi connectivity index (χ3n) is 4.23. The second kappa shape index (κ2) is 6.96. The summed E-state index contributed by atoms with van der Waals surface area (Å²) < 4.78 is 4.92. The molecule has 1 amide bonds. The number of rotatable bonds is 4. The minimum Gasteiger partial charge on any atom is -0.465 e. The van der Waals surface area contributed by atoms with Crippen LogP contribution in [0.2, 0.25) is 0 Å². The SMILES string of the molecule is COC(=O)c1c(-c2ccccc2)csc1NC(=O)C1CCCC1. The van der Waals surface area contributed by atoms with Crippen LogP contribution in [0.3, 0.4) is 0 Å². The monoisotopic (exact) mass is 329 g/mol. The normalized spacial score (nSPS) is 14.7. The van der Waals surface area contributed by atoms with Gasteiger partial charge in [0.1, 0.15) is 10.6 Å². The maximum absolute atomic E-state index is 12.4. The van der Waals surface area contributed by atoms with Crippen molar-refractivity contribution in [1.29, 1.82) is 0 Å². The predicted molar refractivity (Wildman–Crippen MR) is 91.7 cm³/mol. The number of hydrogen-bond acceptors (Lipinski definition) is 4. The first-order chi connectivity index (χ1) is 11.2. The summed E-state index contributed by atoms with van der Waals surface area (Å²) in [6.07, 6.45) is 4.05. The maximum Gasteiger partial charge on any atom is 0.341 e. The fourth-order valence-electron chi connectivity index (χ4n) is 2.99. The van der Waals surface area contributed by atoms with Crippen LogP contribution in [0.1, 0.15) is 36.0 Å². The van der Waals surface area contributed by atoms with Crippen molar-refractivity contribution >= 4 is 28.2 Å². The molecule has 1 aromatic carbocycles. The van der Waals surface area contributed by atoms with E-state index in [0.29, 0.717) is 10.6 Å². The summed E-state index contributed by atoms with van der Waals surface area (Å²) in [6, 6.07) is 9.65. The van der Waals surface area contributed by atoms with Crippen molar-refractivity contribution in [2.45, 2.75) is 25.7 Å². The average Bonchev–Trinajstić information content (AvgIpc) is 3.25. The van der Waals surface area contributed by atoms with Crippen molar-refractivity contribution < 1.29 is 14.3 Å². The zero-order chi connectivity index (χ0) is 16.2. The summed E-state index contributed by atoms with van der Waals surface area (Å²) in [7, 11) is 1.36. The lowest BCUT2D eigenvalue weighted by molar-refractivity contribution is -0.119. The van der Waals surface area contributed by atoms with Gasteiger partial charge in [-0.15, -0.1) is 11.3 Å². The molecule has 0 unspecified atom stereocenters. The minimum atomic E-state index is -0.424. The first kappa shape index (κ1) is 15.7. The topological polar surface area (TPSA) is 55.4 Å². The van der Waals surface area contributed by atoms with Crippen LogP contribution in [0.15, 0.2) is 35.7 Å². The summed E-state index contributed by atoms with van der Waals surface area (Å²) in [4.78, 5) is 24.6. The highest BCUT2D eigenvalue weighted by atomic mass is 32.1. The number of methoxy groups -OCH3 is 1. The molecule has 1 aromatic heterocycles. The third kappa shape index (κ3) is 3.29. The maximum atomic E-state index is 12.4. The molecule has 1 aliphatic rings. The largest absolute Gasteiger partial charge is 0.465 e. The molecule has 0 atom stereocenters. The fraction of sp³-hybridized carbons (Fsp3) is 0.333. The van der Waals surface area contributed by atoms with E-state index in [1.54, 1.807) is 0 Å². The Bertz CT molecular complexity index is 702. The van der Waals surface area contributed by atoms with Crippen LogP contribution >= 0.6 is 11.3 Å². The second-order valence-electron chi connectivity index (χ2n) is 5.68. The zero-order valence-electron chi connectivity index (χ0n) is 13.0. The first-order valence-corrected chi connectivity index (χ1v) is 8.64. The highest BCUT2D eigenvalue weighted by Crippen LogP contribution is 2.37. The molecule has 0 radical (unpaired) electrons. The molecule has 2 aromatic rings. The van der Waals surface area contributed by atoms with Crippen LogP contribution in [-0.4, -0.2) is 19.0 Å². The van der Waals surface area contributed by atoms with Gasteiger partial charge in [-0.25, -0.2) is 4.79 Å². The molecule has 5 heteroatoms. The lowest BCUT2D eigenvalue weighted by atomic mass is 10.0. The molecule has 23 heavy (non-hydrogen) atoms. The van der Waals surface area contributed by atoms with E-state index in [1.165, 1.54) is 18.4 Å². The molecular formula is C18H19NO3S. The van der Waals surface area contributed by atoms with Crippen molar-refractivity contribution in [3.8, 4) is 11.1 Å². The van der Waals surface area contributed by atoms with E-state index in [2.05, 4.69) is 5.32 Å². The molecule has 120 valence electrons. The van der Waals surface area contributed by atoms with Gasteiger partial charge in [-0.1, -0.05) is 43.2 Å². The van der Waals surface area contributed by atoms with Gasteiger partial charge in [-0.05, 0) is 18.4 Å². The van der Waals surface area contributed by atoms with Crippen molar-refractivity contribution in [2.24, 2.45) is 5.92 Å². The van der Waals surface area contributed by atoms with Gasteiger partial charge in [0.2, 0.25) is 5.91 Å². The van der Waals surface area contributed by atoms with Crippen molar-refractivity contribution in [1.82, 2.24) is 0 Å². The third-order valence-corrected chi connectivity index (χ3v) is 5.12. The Labute approximate surface area is 139 Å². The van der Waals surface area contributed by atoms with E-state index >= 15 is 0 Å².